The van der Waals surface area contributed by atoms with E-state index in [1.165, 1.54) is 17.7 Å². The standard InChI is InChI=1S/C20H18N8O2S/c29-28(30)17-18(25-20-24-14-5-1-2-6-15(14)31-20)22-13-23-19(17)27-11-9-26(10-12-27)16-7-3-4-8-21-16/h1-8,13H,9-12H2,(H,22,23,24,25). The number of benzene rings is 1. The molecule has 1 aromatic carbocycles. The van der Waals surface area contributed by atoms with Gasteiger partial charge in [-0.05, 0) is 24.3 Å². The van der Waals surface area contributed by atoms with Crippen molar-refractivity contribution in [1.29, 1.82) is 0 Å². The van der Waals surface area contributed by atoms with Gasteiger partial charge in [-0.3, -0.25) is 10.1 Å². The maximum atomic E-state index is 12.0. The van der Waals surface area contributed by atoms with Crippen molar-refractivity contribution in [3.05, 3.63) is 65.1 Å². The Labute approximate surface area is 181 Å². The lowest BCUT2D eigenvalue weighted by Crippen LogP contribution is -2.47. The first-order valence-corrected chi connectivity index (χ1v) is 10.5. The Bertz CT molecular complexity index is 1190. The number of fused-ring (bicyclic) bond motifs is 1. The van der Waals surface area contributed by atoms with Crippen LogP contribution in [0.15, 0.2) is 55.0 Å². The van der Waals surface area contributed by atoms with Crippen LogP contribution in [0.3, 0.4) is 0 Å². The Morgan fingerprint density at radius 3 is 2.48 bits per heavy atom. The molecule has 10 nitrogen and oxygen atoms in total. The largest absolute Gasteiger partial charge is 0.353 e. The zero-order chi connectivity index (χ0) is 21.2. The van der Waals surface area contributed by atoms with E-state index >= 15 is 0 Å². The van der Waals surface area contributed by atoms with Gasteiger partial charge in [0.25, 0.3) is 0 Å². The highest BCUT2D eigenvalue weighted by molar-refractivity contribution is 7.22. The first-order chi connectivity index (χ1) is 15.2. The number of piperazine rings is 1. The number of nitrogens with one attached hydrogen (secondary N) is 1. The molecular weight excluding hydrogens is 416 g/mol. The minimum atomic E-state index is -0.434. The summed E-state index contributed by atoms with van der Waals surface area (Å²) in [5, 5.41) is 15.5. The van der Waals surface area contributed by atoms with E-state index in [1.54, 1.807) is 6.20 Å². The lowest BCUT2D eigenvalue weighted by atomic mass is 10.3. The van der Waals surface area contributed by atoms with Crippen LogP contribution in [0.4, 0.5) is 28.3 Å². The van der Waals surface area contributed by atoms with E-state index in [2.05, 4.69) is 30.2 Å². The van der Waals surface area contributed by atoms with Crippen molar-refractivity contribution in [3.63, 3.8) is 0 Å². The molecule has 1 N–H and O–H groups in total. The molecule has 1 saturated heterocycles. The smallest absolute Gasteiger partial charge is 0.353 e. The molecule has 156 valence electrons. The summed E-state index contributed by atoms with van der Waals surface area (Å²) in [4.78, 5) is 32.9. The first-order valence-electron chi connectivity index (χ1n) is 9.72. The maximum Gasteiger partial charge on any atom is 0.353 e. The van der Waals surface area contributed by atoms with Crippen LogP contribution in [0, 0.1) is 10.1 Å². The van der Waals surface area contributed by atoms with E-state index in [-0.39, 0.29) is 11.5 Å². The third-order valence-electron chi connectivity index (χ3n) is 5.06. The monoisotopic (exact) mass is 434 g/mol. The van der Waals surface area contributed by atoms with Crippen molar-refractivity contribution in [1.82, 2.24) is 19.9 Å². The number of rotatable bonds is 5. The van der Waals surface area contributed by atoms with Crippen LogP contribution in [-0.2, 0) is 0 Å². The molecule has 0 radical (unpaired) electrons. The predicted molar refractivity (Wildman–Crippen MR) is 120 cm³/mol. The number of hydrogen-bond acceptors (Lipinski definition) is 10. The average Bonchev–Trinajstić information content (AvgIpc) is 3.22. The van der Waals surface area contributed by atoms with Crippen molar-refractivity contribution in [2.75, 3.05) is 41.3 Å². The second-order valence-electron chi connectivity index (χ2n) is 6.93. The topological polar surface area (TPSA) is 113 Å². The number of aromatic nitrogens is 4. The highest BCUT2D eigenvalue weighted by Gasteiger charge is 2.30. The third kappa shape index (κ3) is 3.82. The van der Waals surface area contributed by atoms with Gasteiger partial charge < -0.3 is 15.1 Å². The molecule has 0 amide bonds. The summed E-state index contributed by atoms with van der Waals surface area (Å²) in [5.74, 6) is 1.35. The van der Waals surface area contributed by atoms with Crippen molar-refractivity contribution in [2.24, 2.45) is 0 Å². The van der Waals surface area contributed by atoms with E-state index in [4.69, 9.17) is 0 Å². The molecule has 0 bridgehead atoms. The third-order valence-corrected chi connectivity index (χ3v) is 6.01. The lowest BCUT2D eigenvalue weighted by molar-refractivity contribution is -0.383. The highest BCUT2D eigenvalue weighted by Crippen LogP contribution is 2.36. The number of pyridine rings is 1. The molecule has 0 spiro atoms. The second kappa shape index (κ2) is 8.11. The minimum absolute atomic E-state index is 0.140. The molecular formula is C20H18N8O2S. The van der Waals surface area contributed by atoms with E-state index < -0.39 is 4.92 Å². The molecule has 1 aliphatic rings. The zero-order valence-corrected chi connectivity index (χ0v) is 17.2. The fourth-order valence-corrected chi connectivity index (χ4v) is 4.44. The fraction of sp³-hybridized carbons (Fsp3) is 0.200. The number of para-hydroxylation sites is 1. The van der Waals surface area contributed by atoms with Gasteiger partial charge in [-0.25, -0.2) is 19.9 Å². The van der Waals surface area contributed by atoms with E-state index in [9.17, 15) is 10.1 Å². The normalized spacial score (nSPS) is 14.1. The van der Waals surface area contributed by atoms with Crippen LogP contribution in [0.1, 0.15) is 0 Å². The van der Waals surface area contributed by atoms with Crippen LogP contribution >= 0.6 is 11.3 Å². The van der Waals surface area contributed by atoms with Gasteiger partial charge in [-0.2, -0.15) is 0 Å². The fourth-order valence-electron chi connectivity index (χ4n) is 3.58. The van der Waals surface area contributed by atoms with Gasteiger partial charge in [-0.15, -0.1) is 0 Å². The molecule has 0 unspecified atom stereocenters. The highest BCUT2D eigenvalue weighted by atomic mass is 32.1. The number of hydrogen-bond donors (Lipinski definition) is 1. The van der Waals surface area contributed by atoms with Gasteiger partial charge in [0.15, 0.2) is 5.13 Å². The van der Waals surface area contributed by atoms with Crippen LogP contribution in [0.25, 0.3) is 10.2 Å². The van der Waals surface area contributed by atoms with Gasteiger partial charge in [-0.1, -0.05) is 29.5 Å². The number of anilines is 4. The molecule has 0 atom stereocenters. The molecule has 11 heteroatoms. The second-order valence-corrected chi connectivity index (χ2v) is 7.96. The molecule has 4 heterocycles. The average molecular weight is 434 g/mol. The Morgan fingerprint density at radius 2 is 1.74 bits per heavy atom. The summed E-state index contributed by atoms with van der Waals surface area (Å²) in [6.07, 6.45) is 3.11. The Hall–Kier alpha value is -3.86. The predicted octanol–water partition coefficient (Wildman–Crippen LogP) is 3.46. The molecule has 0 saturated carbocycles. The van der Waals surface area contributed by atoms with Crippen LogP contribution in [0.5, 0.6) is 0 Å². The van der Waals surface area contributed by atoms with Gasteiger partial charge in [0.2, 0.25) is 11.6 Å². The van der Waals surface area contributed by atoms with Crippen molar-refractivity contribution >= 4 is 49.8 Å². The molecule has 1 aliphatic heterocycles. The van der Waals surface area contributed by atoms with Crippen molar-refractivity contribution in [3.8, 4) is 0 Å². The zero-order valence-electron chi connectivity index (χ0n) is 16.4. The summed E-state index contributed by atoms with van der Waals surface area (Å²) < 4.78 is 0.993. The Kier molecular flexibility index (Phi) is 5.00. The lowest BCUT2D eigenvalue weighted by Gasteiger charge is -2.35. The maximum absolute atomic E-state index is 12.0. The first kappa shape index (κ1) is 19.1. The van der Waals surface area contributed by atoms with E-state index in [0.29, 0.717) is 37.1 Å². The van der Waals surface area contributed by atoms with E-state index in [1.807, 2.05) is 47.4 Å². The quantitative estimate of drug-likeness (QED) is 0.372. The number of nitro groups is 1. The van der Waals surface area contributed by atoms with Gasteiger partial charge >= 0.3 is 5.69 Å². The number of nitrogens with zero attached hydrogens (tertiary/aromatic N) is 7. The van der Waals surface area contributed by atoms with Crippen LogP contribution < -0.4 is 15.1 Å². The molecule has 4 aromatic rings. The van der Waals surface area contributed by atoms with Gasteiger partial charge in [0, 0.05) is 32.4 Å². The van der Waals surface area contributed by atoms with E-state index in [0.717, 1.165) is 16.0 Å². The summed E-state index contributed by atoms with van der Waals surface area (Å²) in [6.45, 7) is 2.57. The molecule has 0 aliphatic carbocycles. The summed E-state index contributed by atoms with van der Waals surface area (Å²) in [6, 6.07) is 13.5. The summed E-state index contributed by atoms with van der Waals surface area (Å²) in [5.41, 5.74) is 0.686. The van der Waals surface area contributed by atoms with Crippen molar-refractivity contribution in [2.45, 2.75) is 0 Å². The SMILES string of the molecule is O=[N+]([O-])c1c(Nc2nc3ccccc3s2)ncnc1N1CCN(c2ccccn2)CC1. The molecule has 31 heavy (non-hydrogen) atoms. The Morgan fingerprint density at radius 1 is 0.968 bits per heavy atom. The number of thiazole rings is 1. The van der Waals surface area contributed by atoms with Gasteiger partial charge in [0.05, 0.1) is 15.1 Å². The minimum Gasteiger partial charge on any atom is -0.353 e. The van der Waals surface area contributed by atoms with Crippen LogP contribution in [-0.4, -0.2) is 51.0 Å². The summed E-state index contributed by atoms with van der Waals surface area (Å²) in [7, 11) is 0. The summed E-state index contributed by atoms with van der Waals surface area (Å²) >= 11 is 1.42. The molecule has 1 fully saturated rings. The molecule has 5 rings (SSSR count). The Balaban J connectivity index is 1.40. The van der Waals surface area contributed by atoms with Crippen molar-refractivity contribution < 1.29 is 4.92 Å². The van der Waals surface area contributed by atoms with Crippen LogP contribution in [0.2, 0.25) is 0 Å². The molecule has 3 aromatic heterocycles. The van der Waals surface area contributed by atoms with Gasteiger partial charge in [0.1, 0.15) is 12.1 Å².